The lowest BCUT2D eigenvalue weighted by atomic mass is 10.1. The van der Waals surface area contributed by atoms with E-state index in [1.54, 1.807) is 23.7 Å². The van der Waals surface area contributed by atoms with Crippen molar-refractivity contribution in [2.45, 2.75) is 45.1 Å². The Kier molecular flexibility index (Phi) is 4.55. The number of aromatic nitrogens is 3. The number of aromatic amines is 1. The smallest absolute Gasteiger partial charge is 0.259 e. The first-order chi connectivity index (χ1) is 12.6. The fourth-order valence-electron chi connectivity index (χ4n) is 3.45. The number of thiophene rings is 1. The molecule has 0 fully saturated rings. The van der Waals surface area contributed by atoms with Gasteiger partial charge in [0.1, 0.15) is 10.7 Å². The molecule has 0 saturated carbocycles. The van der Waals surface area contributed by atoms with Crippen molar-refractivity contribution in [3.05, 3.63) is 56.7 Å². The standard InChI is InChI=1S/C19H20N4O2S/c1-11(12-7-9-20-10-8-12)21-16(24)6-5-15-22-18(25)17-13-3-2-4-14(13)26-19(17)23-15/h7-11H,2-6H2,1H3,(H,21,24)(H,22,23,25)/t11-/m1/s1. The first-order valence-corrected chi connectivity index (χ1v) is 9.66. The zero-order valence-corrected chi connectivity index (χ0v) is 15.4. The summed E-state index contributed by atoms with van der Waals surface area (Å²) in [6.07, 6.45) is 7.25. The summed E-state index contributed by atoms with van der Waals surface area (Å²) in [5.41, 5.74) is 2.11. The number of aryl methyl sites for hydroxylation is 3. The lowest BCUT2D eigenvalue weighted by molar-refractivity contribution is -0.121. The quantitative estimate of drug-likeness (QED) is 0.725. The molecule has 2 N–H and O–H groups in total. The minimum absolute atomic E-state index is 0.0641. The van der Waals surface area contributed by atoms with Crippen molar-refractivity contribution in [3.63, 3.8) is 0 Å². The zero-order chi connectivity index (χ0) is 18.1. The highest BCUT2D eigenvalue weighted by molar-refractivity contribution is 7.18. The van der Waals surface area contributed by atoms with Crippen LogP contribution in [-0.2, 0) is 24.1 Å². The second-order valence-corrected chi connectivity index (χ2v) is 7.70. The summed E-state index contributed by atoms with van der Waals surface area (Å²) >= 11 is 1.62. The molecular formula is C19H20N4O2S. The van der Waals surface area contributed by atoms with Gasteiger partial charge in [-0.3, -0.25) is 14.6 Å². The van der Waals surface area contributed by atoms with Gasteiger partial charge in [0, 0.05) is 30.1 Å². The molecule has 0 aromatic carbocycles. The first-order valence-electron chi connectivity index (χ1n) is 8.84. The van der Waals surface area contributed by atoms with E-state index < -0.39 is 0 Å². The first kappa shape index (κ1) is 16.9. The van der Waals surface area contributed by atoms with E-state index in [1.165, 1.54) is 10.4 Å². The van der Waals surface area contributed by atoms with E-state index in [-0.39, 0.29) is 23.9 Å². The Hall–Kier alpha value is -2.54. The van der Waals surface area contributed by atoms with Gasteiger partial charge in [-0.05, 0) is 49.4 Å². The molecule has 6 nitrogen and oxygen atoms in total. The van der Waals surface area contributed by atoms with Crippen LogP contribution in [-0.4, -0.2) is 20.9 Å². The Bertz CT molecular complexity index is 1010. The second-order valence-electron chi connectivity index (χ2n) is 6.62. The fraction of sp³-hybridized carbons (Fsp3) is 0.368. The van der Waals surface area contributed by atoms with Crippen LogP contribution in [0, 0.1) is 0 Å². The highest BCUT2D eigenvalue weighted by Gasteiger charge is 2.21. The van der Waals surface area contributed by atoms with Crippen LogP contribution in [0.5, 0.6) is 0 Å². The largest absolute Gasteiger partial charge is 0.350 e. The molecule has 3 aromatic heterocycles. The third kappa shape index (κ3) is 3.26. The van der Waals surface area contributed by atoms with Crippen LogP contribution in [0.2, 0.25) is 0 Å². The molecule has 134 valence electrons. The number of rotatable bonds is 5. The van der Waals surface area contributed by atoms with Crippen molar-refractivity contribution in [1.29, 1.82) is 0 Å². The van der Waals surface area contributed by atoms with Gasteiger partial charge in [-0.25, -0.2) is 4.98 Å². The number of amides is 1. The van der Waals surface area contributed by atoms with E-state index in [4.69, 9.17) is 0 Å². The molecule has 0 spiro atoms. The van der Waals surface area contributed by atoms with Gasteiger partial charge in [-0.2, -0.15) is 0 Å². The van der Waals surface area contributed by atoms with Crippen LogP contribution in [0.4, 0.5) is 0 Å². The highest BCUT2D eigenvalue weighted by Crippen LogP contribution is 2.34. The van der Waals surface area contributed by atoms with E-state index in [1.807, 2.05) is 19.1 Å². The van der Waals surface area contributed by atoms with Crippen LogP contribution < -0.4 is 10.9 Å². The zero-order valence-electron chi connectivity index (χ0n) is 14.5. The number of nitrogens with one attached hydrogen (secondary N) is 2. The Morgan fingerprint density at radius 2 is 2.15 bits per heavy atom. The lowest BCUT2D eigenvalue weighted by Crippen LogP contribution is -2.27. The average molecular weight is 368 g/mol. The van der Waals surface area contributed by atoms with Crippen LogP contribution in [0.15, 0.2) is 29.3 Å². The number of pyridine rings is 1. The van der Waals surface area contributed by atoms with E-state index in [0.29, 0.717) is 12.2 Å². The Balaban J connectivity index is 1.43. The maximum absolute atomic E-state index is 12.4. The summed E-state index contributed by atoms with van der Waals surface area (Å²) in [6.45, 7) is 1.94. The van der Waals surface area contributed by atoms with Crippen LogP contribution in [0.25, 0.3) is 10.2 Å². The van der Waals surface area contributed by atoms with Gasteiger partial charge in [0.25, 0.3) is 5.56 Å². The molecule has 1 aliphatic rings. The summed E-state index contributed by atoms with van der Waals surface area (Å²) in [6, 6.07) is 3.68. The van der Waals surface area contributed by atoms with Crippen molar-refractivity contribution < 1.29 is 4.79 Å². The maximum atomic E-state index is 12.4. The number of fused-ring (bicyclic) bond motifs is 3. The van der Waals surface area contributed by atoms with E-state index in [9.17, 15) is 9.59 Å². The Labute approximate surface area is 154 Å². The topological polar surface area (TPSA) is 87.7 Å². The molecule has 0 saturated heterocycles. The number of nitrogens with zero attached hydrogens (tertiary/aromatic N) is 2. The average Bonchev–Trinajstić information content (AvgIpc) is 3.21. The Morgan fingerprint density at radius 3 is 2.96 bits per heavy atom. The van der Waals surface area contributed by atoms with E-state index >= 15 is 0 Å². The van der Waals surface area contributed by atoms with Gasteiger partial charge in [0.15, 0.2) is 0 Å². The van der Waals surface area contributed by atoms with Crippen molar-refractivity contribution >= 4 is 27.5 Å². The molecule has 26 heavy (non-hydrogen) atoms. The second kappa shape index (κ2) is 6.99. The molecule has 1 amide bonds. The fourth-order valence-corrected chi connectivity index (χ4v) is 4.73. The minimum Gasteiger partial charge on any atom is -0.350 e. The highest BCUT2D eigenvalue weighted by atomic mass is 32.1. The molecule has 0 bridgehead atoms. The number of carbonyl (C=O) groups is 1. The van der Waals surface area contributed by atoms with Gasteiger partial charge < -0.3 is 10.3 Å². The molecule has 1 atom stereocenters. The molecule has 7 heteroatoms. The maximum Gasteiger partial charge on any atom is 0.259 e. The summed E-state index contributed by atoms with van der Waals surface area (Å²) < 4.78 is 0. The van der Waals surface area contributed by atoms with Gasteiger partial charge in [0.05, 0.1) is 11.4 Å². The summed E-state index contributed by atoms with van der Waals surface area (Å²) in [4.78, 5) is 38.2. The van der Waals surface area contributed by atoms with Crippen molar-refractivity contribution in [2.24, 2.45) is 0 Å². The van der Waals surface area contributed by atoms with Gasteiger partial charge >= 0.3 is 0 Å². The third-order valence-electron chi connectivity index (χ3n) is 4.80. The predicted octanol–water partition coefficient (Wildman–Crippen LogP) is 2.68. The van der Waals surface area contributed by atoms with Crippen LogP contribution in [0.3, 0.4) is 0 Å². The normalized spacial score (nSPS) is 14.3. The van der Waals surface area contributed by atoms with Crippen molar-refractivity contribution in [3.8, 4) is 0 Å². The Morgan fingerprint density at radius 1 is 1.35 bits per heavy atom. The van der Waals surface area contributed by atoms with E-state index in [2.05, 4.69) is 20.3 Å². The van der Waals surface area contributed by atoms with Gasteiger partial charge in [0.2, 0.25) is 5.91 Å². The molecule has 3 heterocycles. The molecule has 1 aliphatic carbocycles. The number of H-pyrrole nitrogens is 1. The van der Waals surface area contributed by atoms with Crippen molar-refractivity contribution in [1.82, 2.24) is 20.3 Å². The lowest BCUT2D eigenvalue weighted by Gasteiger charge is -2.13. The minimum atomic E-state index is -0.0831. The molecule has 4 rings (SSSR count). The van der Waals surface area contributed by atoms with Gasteiger partial charge in [-0.1, -0.05) is 0 Å². The molecule has 0 radical (unpaired) electrons. The molecular weight excluding hydrogens is 348 g/mol. The van der Waals surface area contributed by atoms with E-state index in [0.717, 1.165) is 35.0 Å². The van der Waals surface area contributed by atoms with Crippen molar-refractivity contribution in [2.75, 3.05) is 0 Å². The monoisotopic (exact) mass is 368 g/mol. The summed E-state index contributed by atoms with van der Waals surface area (Å²) in [5, 5.41) is 3.72. The molecule has 3 aromatic rings. The summed E-state index contributed by atoms with van der Waals surface area (Å²) in [5.74, 6) is 0.514. The van der Waals surface area contributed by atoms with Crippen LogP contribution in [0.1, 0.15) is 47.6 Å². The SMILES string of the molecule is C[C@@H](NC(=O)CCc1nc2sc3c(c2c(=O)[nH]1)CCC3)c1ccncc1. The summed E-state index contributed by atoms with van der Waals surface area (Å²) in [7, 11) is 0. The number of hydrogen-bond acceptors (Lipinski definition) is 5. The predicted molar refractivity (Wildman–Crippen MR) is 101 cm³/mol. The molecule has 0 aliphatic heterocycles. The number of carbonyl (C=O) groups excluding carboxylic acids is 1. The third-order valence-corrected chi connectivity index (χ3v) is 5.98. The number of hydrogen-bond donors (Lipinski definition) is 2. The van der Waals surface area contributed by atoms with Gasteiger partial charge in [-0.15, -0.1) is 11.3 Å². The van der Waals surface area contributed by atoms with Crippen LogP contribution >= 0.6 is 11.3 Å². The molecule has 0 unspecified atom stereocenters.